The van der Waals surface area contributed by atoms with Crippen LogP contribution >= 0.6 is 31.9 Å². The zero-order chi connectivity index (χ0) is 11.2. The van der Waals surface area contributed by atoms with Gasteiger partial charge in [0.25, 0.3) is 0 Å². The van der Waals surface area contributed by atoms with Gasteiger partial charge in [-0.2, -0.15) is 0 Å². The third kappa shape index (κ3) is 1.97. The molecule has 0 saturated carbocycles. The SMILES string of the molecule is OC1CC(Br)C(Br)c2cc(F)c(F)cc21. The predicted octanol–water partition coefficient (Wildman–Crippen LogP) is 3.60. The van der Waals surface area contributed by atoms with Crippen LogP contribution in [0.3, 0.4) is 0 Å². The molecule has 0 saturated heterocycles. The lowest BCUT2D eigenvalue weighted by Crippen LogP contribution is -2.21. The van der Waals surface area contributed by atoms with Gasteiger partial charge in [-0.05, 0) is 29.7 Å². The Balaban J connectivity index is 2.56. The molecule has 1 N–H and O–H groups in total. The molecule has 3 unspecified atom stereocenters. The molecule has 3 atom stereocenters. The van der Waals surface area contributed by atoms with Crippen molar-refractivity contribution in [3.05, 3.63) is 34.9 Å². The first-order valence-electron chi connectivity index (χ1n) is 4.45. The Morgan fingerprint density at radius 3 is 2.27 bits per heavy atom. The van der Waals surface area contributed by atoms with Gasteiger partial charge in [0.2, 0.25) is 0 Å². The van der Waals surface area contributed by atoms with E-state index in [1.165, 1.54) is 0 Å². The molecule has 1 aliphatic carbocycles. The average molecular weight is 342 g/mol. The molecule has 1 aromatic carbocycles. The first-order valence-corrected chi connectivity index (χ1v) is 6.29. The molecule has 0 spiro atoms. The van der Waals surface area contributed by atoms with Crippen LogP contribution in [-0.2, 0) is 0 Å². The van der Waals surface area contributed by atoms with Crippen LogP contribution in [0.2, 0.25) is 0 Å². The van der Waals surface area contributed by atoms with E-state index in [2.05, 4.69) is 31.9 Å². The summed E-state index contributed by atoms with van der Waals surface area (Å²) >= 11 is 6.78. The fourth-order valence-corrected chi connectivity index (χ4v) is 3.01. The van der Waals surface area contributed by atoms with Crippen LogP contribution in [0.4, 0.5) is 8.78 Å². The first kappa shape index (κ1) is 11.5. The van der Waals surface area contributed by atoms with E-state index in [-0.39, 0.29) is 9.65 Å². The van der Waals surface area contributed by atoms with Gasteiger partial charge in [0.1, 0.15) is 0 Å². The summed E-state index contributed by atoms with van der Waals surface area (Å²) in [6.07, 6.45) is -0.262. The largest absolute Gasteiger partial charge is 0.388 e. The van der Waals surface area contributed by atoms with Crippen LogP contribution in [0, 0.1) is 11.6 Å². The second kappa shape index (κ2) is 4.11. The van der Waals surface area contributed by atoms with E-state index in [4.69, 9.17) is 0 Å². The normalized spacial score (nSPS) is 30.1. The van der Waals surface area contributed by atoms with E-state index >= 15 is 0 Å². The lowest BCUT2D eigenvalue weighted by Gasteiger charge is -2.29. The van der Waals surface area contributed by atoms with Gasteiger partial charge in [-0.15, -0.1) is 0 Å². The van der Waals surface area contributed by atoms with Crippen LogP contribution < -0.4 is 0 Å². The highest BCUT2D eigenvalue weighted by Crippen LogP contribution is 2.44. The number of hydrogen-bond acceptors (Lipinski definition) is 1. The number of alkyl halides is 2. The molecular weight excluding hydrogens is 334 g/mol. The fourth-order valence-electron chi connectivity index (χ4n) is 1.76. The number of halogens is 4. The summed E-state index contributed by atoms with van der Waals surface area (Å²) < 4.78 is 26.0. The van der Waals surface area contributed by atoms with E-state index in [0.717, 1.165) is 12.1 Å². The number of hydrogen-bond donors (Lipinski definition) is 1. The minimum atomic E-state index is -0.916. The van der Waals surface area contributed by atoms with Gasteiger partial charge in [-0.3, -0.25) is 0 Å². The van der Waals surface area contributed by atoms with Gasteiger partial charge in [0.05, 0.1) is 10.9 Å². The predicted molar refractivity (Wildman–Crippen MR) is 60.3 cm³/mol. The molecule has 0 bridgehead atoms. The Hall–Kier alpha value is -0.000000000000000111. The first-order chi connectivity index (χ1) is 7.00. The summed E-state index contributed by atoms with van der Waals surface area (Å²) in [5.41, 5.74) is 1.07. The number of aliphatic hydroxyl groups excluding tert-OH is 1. The highest BCUT2D eigenvalue weighted by Gasteiger charge is 2.32. The fraction of sp³-hybridized carbons (Fsp3) is 0.400. The summed E-state index contributed by atoms with van der Waals surface area (Å²) in [5.74, 6) is -1.80. The van der Waals surface area contributed by atoms with Crippen LogP contribution in [-0.4, -0.2) is 9.93 Å². The maximum absolute atomic E-state index is 13.0. The third-order valence-electron chi connectivity index (χ3n) is 2.55. The highest BCUT2D eigenvalue weighted by atomic mass is 79.9. The number of fused-ring (bicyclic) bond motifs is 1. The molecule has 15 heavy (non-hydrogen) atoms. The molecule has 0 radical (unpaired) electrons. The topological polar surface area (TPSA) is 20.2 Å². The molecule has 0 heterocycles. The maximum Gasteiger partial charge on any atom is 0.159 e. The Morgan fingerprint density at radius 1 is 1.13 bits per heavy atom. The van der Waals surface area contributed by atoms with Crippen molar-refractivity contribution in [3.8, 4) is 0 Å². The quantitative estimate of drug-likeness (QED) is 0.715. The van der Waals surface area contributed by atoms with Gasteiger partial charge < -0.3 is 5.11 Å². The molecule has 5 heteroatoms. The van der Waals surface area contributed by atoms with E-state index in [1.54, 1.807) is 0 Å². The van der Waals surface area contributed by atoms with E-state index < -0.39 is 17.7 Å². The van der Waals surface area contributed by atoms with Gasteiger partial charge >= 0.3 is 0 Å². The molecule has 0 aliphatic heterocycles. The molecule has 0 fully saturated rings. The molecule has 1 aliphatic rings. The van der Waals surface area contributed by atoms with Crippen LogP contribution in [0.5, 0.6) is 0 Å². The second-order valence-electron chi connectivity index (χ2n) is 3.56. The summed E-state index contributed by atoms with van der Waals surface area (Å²) in [5, 5.41) is 9.72. The smallest absolute Gasteiger partial charge is 0.159 e. The van der Waals surface area contributed by atoms with E-state index in [0.29, 0.717) is 17.5 Å². The van der Waals surface area contributed by atoms with Crippen molar-refractivity contribution in [2.24, 2.45) is 0 Å². The molecule has 2 rings (SSSR count). The van der Waals surface area contributed by atoms with Crippen LogP contribution in [0.15, 0.2) is 12.1 Å². The lowest BCUT2D eigenvalue weighted by molar-refractivity contribution is 0.158. The van der Waals surface area contributed by atoms with Crippen molar-refractivity contribution in [1.82, 2.24) is 0 Å². The molecule has 82 valence electrons. The van der Waals surface area contributed by atoms with Crippen molar-refractivity contribution in [1.29, 1.82) is 0 Å². The Bertz CT molecular complexity index is 397. The zero-order valence-electron chi connectivity index (χ0n) is 7.55. The minimum absolute atomic E-state index is 0.0184. The number of rotatable bonds is 0. The lowest BCUT2D eigenvalue weighted by atomic mass is 9.89. The van der Waals surface area contributed by atoms with Crippen molar-refractivity contribution in [2.45, 2.75) is 22.2 Å². The summed E-state index contributed by atoms with van der Waals surface area (Å²) in [4.78, 5) is -0.0872. The molecule has 1 aromatic rings. The molecule has 0 amide bonds. The minimum Gasteiger partial charge on any atom is -0.388 e. The standard InChI is InChI=1S/C10H8Br2F2O/c11-6-3-9(15)4-1-7(13)8(14)2-5(4)10(6)12/h1-2,6,9-10,15H,3H2. The molecular formula is C10H8Br2F2O. The third-order valence-corrected chi connectivity index (χ3v) is 5.29. The van der Waals surface area contributed by atoms with Gasteiger partial charge in [0, 0.05) is 4.83 Å². The highest BCUT2D eigenvalue weighted by molar-refractivity contribution is 9.12. The van der Waals surface area contributed by atoms with Gasteiger partial charge in [-0.25, -0.2) is 8.78 Å². The van der Waals surface area contributed by atoms with E-state index in [9.17, 15) is 13.9 Å². The van der Waals surface area contributed by atoms with Gasteiger partial charge in [-0.1, -0.05) is 31.9 Å². The number of aliphatic hydroxyl groups is 1. The van der Waals surface area contributed by atoms with Gasteiger partial charge in [0.15, 0.2) is 11.6 Å². The Morgan fingerprint density at radius 2 is 1.67 bits per heavy atom. The van der Waals surface area contributed by atoms with Crippen LogP contribution in [0.25, 0.3) is 0 Å². The average Bonchev–Trinajstić information content (AvgIpc) is 2.18. The Kier molecular flexibility index (Phi) is 3.14. The molecule has 1 nitrogen and oxygen atoms in total. The summed E-state index contributed by atoms with van der Waals surface area (Å²) in [6, 6.07) is 2.21. The number of benzene rings is 1. The monoisotopic (exact) mass is 340 g/mol. The van der Waals surface area contributed by atoms with Crippen molar-refractivity contribution in [3.63, 3.8) is 0 Å². The molecule has 0 aromatic heterocycles. The van der Waals surface area contributed by atoms with Crippen molar-refractivity contribution in [2.75, 3.05) is 0 Å². The zero-order valence-corrected chi connectivity index (χ0v) is 10.7. The van der Waals surface area contributed by atoms with E-state index in [1.807, 2.05) is 0 Å². The summed E-state index contributed by atoms with van der Waals surface area (Å²) in [6.45, 7) is 0. The second-order valence-corrected chi connectivity index (χ2v) is 5.73. The Labute approximate surface area is 103 Å². The maximum atomic E-state index is 13.0. The van der Waals surface area contributed by atoms with Crippen LogP contribution in [0.1, 0.15) is 28.5 Å². The van der Waals surface area contributed by atoms with Crippen molar-refractivity contribution < 1.29 is 13.9 Å². The summed E-state index contributed by atoms with van der Waals surface area (Å²) in [7, 11) is 0. The van der Waals surface area contributed by atoms with Crippen molar-refractivity contribution >= 4 is 31.9 Å².